The van der Waals surface area contributed by atoms with Crippen molar-refractivity contribution in [3.05, 3.63) is 37.6 Å². The summed E-state index contributed by atoms with van der Waals surface area (Å²) in [6, 6.07) is 0. The number of carbonyl (C=O) groups excluding carboxylic acids is 5. The summed E-state index contributed by atoms with van der Waals surface area (Å²) in [5, 5.41) is 7.86. The number of aliphatic carboxylic acids is 1. The van der Waals surface area contributed by atoms with Gasteiger partial charge in [-0.15, -0.1) is 0 Å². The fraction of sp³-hybridized carbons (Fsp3) is 0.581. The second kappa shape index (κ2) is 32.0. The fourth-order valence-corrected chi connectivity index (χ4v) is 6.94. The number of hydrogen-bond donors (Lipinski definition) is 3. The number of carboxylic acids is 1. The number of nitrogen functional groups attached to an aromatic ring is 2. The summed E-state index contributed by atoms with van der Waals surface area (Å²) in [5.41, 5.74) is 11.9. The first-order chi connectivity index (χ1) is 36.0. The van der Waals surface area contributed by atoms with Gasteiger partial charge < -0.3 is 68.3 Å². The summed E-state index contributed by atoms with van der Waals surface area (Å²) < 4.78 is 94.2. The average Bonchev–Trinajstić information content (AvgIpc) is 3.94. The first-order valence-corrected chi connectivity index (χ1v) is 26.2. The highest BCUT2D eigenvalue weighted by molar-refractivity contribution is 7.53. The summed E-state index contributed by atoms with van der Waals surface area (Å²) in [6.45, 7) is 16.3. The van der Waals surface area contributed by atoms with Crippen molar-refractivity contribution >= 4 is 85.8 Å². The van der Waals surface area contributed by atoms with Crippen LogP contribution in [0.15, 0.2) is 37.6 Å². The fourth-order valence-electron chi connectivity index (χ4n) is 4.85. The Bertz CT molecular complexity index is 2600. The van der Waals surface area contributed by atoms with Crippen molar-refractivity contribution in [1.29, 1.82) is 0 Å². The number of aromatic nitrogens is 8. The topological polar surface area (TPSA) is 416 Å². The maximum Gasteiger partial charge on any atom is 0.510 e. The molecule has 0 aliphatic heterocycles. The predicted molar refractivity (Wildman–Crippen MR) is 265 cm³/mol. The third kappa shape index (κ3) is 25.7. The first kappa shape index (κ1) is 66.2. The van der Waals surface area contributed by atoms with Crippen LogP contribution in [-0.4, -0.2) is 146 Å². The van der Waals surface area contributed by atoms with E-state index in [0.717, 1.165) is 6.26 Å². The van der Waals surface area contributed by atoms with E-state index in [4.69, 9.17) is 72.6 Å². The molecule has 0 radical (unpaired) electrons. The van der Waals surface area contributed by atoms with E-state index >= 15 is 0 Å². The van der Waals surface area contributed by atoms with Crippen LogP contribution in [0.1, 0.15) is 76.2 Å². The Labute approximate surface area is 441 Å². The highest BCUT2D eigenvalue weighted by Gasteiger charge is 2.32. The van der Waals surface area contributed by atoms with Gasteiger partial charge in [0, 0.05) is 6.54 Å². The van der Waals surface area contributed by atoms with Crippen molar-refractivity contribution in [3.63, 3.8) is 0 Å². The molecule has 4 heterocycles. The van der Waals surface area contributed by atoms with Gasteiger partial charge in [0.05, 0.1) is 61.0 Å². The lowest BCUT2D eigenvalue weighted by molar-refractivity contribution is -0.162. The lowest BCUT2D eigenvalue weighted by Crippen LogP contribution is -2.25. The van der Waals surface area contributed by atoms with E-state index in [0.29, 0.717) is 34.9 Å². The number of nitrogens with two attached hydrogens (primary N) is 2. The van der Waals surface area contributed by atoms with Crippen LogP contribution in [-0.2, 0) is 102 Å². The minimum atomic E-state index is -4.06. The van der Waals surface area contributed by atoms with E-state index in [1.165, 1.54) is 25.3 Å². The highest BCUT2D eigenvalue weighted by Crippen LogP contribution is 2.49. The van der Waals surface area contributed by atoms with Crippen molar-refractivity contribution < 1.29 is 104 Å². The summed E-state index contributed by atoms with van der Waals surface area (Å²) in [4.78, 5) is 90.2. The molecule has 0 aromatic carbocycles. The third-order valence-corrected chi connectivity index (χ3v) is 11.5. The standard InChI is InChI=1S/C20H32N5O8P.C19H30N5O10P.C4H4O4/c1-19(2,3)17(26)30-11-32-34(28,33-12-31-18(27)20(4,5)6)13-29-8-7-25-10-24-14-15(21)22-9-23-16(14)25;1-12(2)33-18(25)28-9-31-35(27,32-10-29-19(26)34-13(3)4)11-30-14(5)6-24-8-23-15-16(20)21-7-22-17(15)24;5-3-8-2-1-4(6)7/h9-10H,7-8,11-13H2,1-6H3,(H2,21,22,23);7-8,12-14H,6,9-11H2,1-5H3,(H2,20,21,22);1-3H,(H,6,7)/b;;2-1+/t;14-;/m.1./s1. The largest absolute Gasteiger partial charge is 0.510 e. The second-order valence-corrected chi connectivity index (χ2v) is 21.9. The van der Waals surface area contributed by atoms with Crippen LogP contribution in [0.5, 0.6) is 0 Å². The molecule has 0 saturated heterocycles. The Morgan fingerprint density at radius 3 is 1.51 bits per heavy atom. The second-order valence-electron chi connectivity index (χ2n) is 17.9. The molecule has 0 fully saturated rings. The molecule has 4 aromatic heterocycles. The number of nitrogens with zero attached hydrogens (tertiary/aromatic N) is 8. The van der Waals surface area contributed by atoms with Gasteiger partial charge in [0.2, 0.25) is 27.2 Å². The van der Waals surface area contributed by atoms with Crippen LogP contribution in [0.4, 0.5) is 21.2 Å². The molecule has 5 N–H and O–H groups in total. The van der Waals surface area contributed by atoms with Gasteiger partial charge in [-0.2, -0.15) is 0 Å². The van der Waals surface area contributed by atoms with Gasteiger partial charge in [-0.3, -0.25) is 41.6 Å². The maximum absolute atomic E-state index is 13.1. The molecule has 0 spiro atoms. The third-order valence-electron chi connectivity index (χ3n) is 8.52. The normalized spacial score (nSPS) is 12.3. The zero-order valence-electron chi connectivity index (χ0n) is 44.3. The summed E-state index contributed by atoms with van der Waals surface area (Å²) in [6.07, 6.45) is 2.75. The van der Waals surface area contributed by atoms with Gasteiger partial charge >= 0.3 is 45.4 Å². The molecule has 77 heavy (non-hydrogen) atoms. The molecular formula is C43H66N10O22P2. The molecule has 4 aromatic rings. The summed E-state index contributed by atoms with van der Waals surface area (Å²) in [5.74, 6) is -1.75. The number of carboxylic acid groups (broad SMARTS) is 1. The first-order valence-electron chi connectivity index (χ1n) is 22.8. The van der Waals surface area contributed by atoms with Crippen molar-refractivity contribution in [2.75, 3.05) is 57.9 Å². The molecule has 0 unspecified atom stereocenters. The Morgan fingerprint density at radius 2 is 1.08 bits per heavy atom. The Kier molecular flexibility index (Phi) is 27.5. The van der Waals surface area contributed by atoms with E-state index in [-0.39, 0.29) is 31.3 Å². The molecule has 0 aliphatic carbocycles. The Morgan fingerprint density at radius 1 is 0.649 bits per heavy atom. The summed E-state index contributed by atoms with van der Waals surface area (Å²) >= 11 is 0. The van der Waals surface area contributed by atoms with Gasteiger partial charge in [-0.25, -0.2) is 44.3 Å². The van der Waals surface area contributed by atoms with E-state index in [9.17, 15) is 37.9 Å². The lowest BCUT2D eigenvalue weighted by Gasteiger charge is -2.22. The van der Waals surface area contributed by atoms with Crippen LogP contribution in [0, 0.1) is 10.8 Å². The van der Waals surface area contributed by atoms with Crippen molar-refractivity contribution in [3.8, 4) is 0 Å². The van der Waals surface area contributed by atoms with Gasteiger partial charge in [0.25, 0.3) is 6.47 Å². The number of carbonyl (C=O) groups is 6. The van der Waals surface area contributed by atoms with Crippen LogP contribution in [0.3, 0.4) is 0 Å². The van der Waals surface area contributed by atoms with Crippen molar-refractivity contribution in [1.82, 2.24) is 39.0 Å². The number of hydrogen-bond acceptors (Lipinski definition) is 29. The highest BCUT2D eigenvalue weighted by atomic mass is 31.2. The number of rotatable bonds is 27. The number of anilines is 2. The molecule has 430 valence electrons. The smallest absolute Gasteiger partial charge is 0.478 e. The number of imidazole rings is 2. The zero-order chi connectivity index (χ0) is 58.0. The minimum absolute atomic E-state index is 0.0929. The average molecular weight is 1140 g/mol. The van der Waals surface area contributed by atoms with E-state index < -0.39 is 114 Å². The van der Waals surface area contributed by atoms with Crippen LogP contribution < -0.4 is 11.5 Å². The SMILES string of the molecule is CC(C)(C)C(=O)OCOP(=O)(COCCn1cnc2c(N)ncnc21)OCOC(=O)C(C)(C)C.CC(C)OC(=O)OCOP(=O)(CO[C@H](C)Cn1cnc2c(N)ncnc21)OCOC(=O)OC(C)C.O=CO/C=C/C(=O)O. The zero-order valence-corrected chi connectivity index (χ0v) is 46.1. The molecule has 4 rings (SSSR count). The molecular weight excluding hydrogens is 1070 g/mol. The van der Waals surface area contributed by atoms with Crippen LogP contribution >= 0.6 is 15.2 Å². The molecule has 0 bridgehead atoms. The predicted octanol–water partition coefficient (Wildman–Crippen LogP) is 5.50. The van der Waals surface area contributed by atoms with E-state index in [1.807, 2.05) is 0 Å². The van der Waals surface area contributed by atoms with Crippen LogP contribution in [0.25, 0.3) is 22.3 Å². The monoisotopic (exact) mass is 1140 g/mol. The maximum atomic E-state index is 13.1. The Hall–Kier alpha value is -6.92. The van der Waals surface area contributed by atoms with Gasteiger partial charge in [0.15, 0.2) is 22.9 Å². The molecule has 0 aliphatic rings. The van der Waals surface area contributed by atoms with Gasteiger partial charge in [0.1, 0.15) is 42.6 Å². The summed E-state index contributed by atoms with van der Waals surface area (Å²) in [7, 11) is -8.00. The molecule has 0 saturated carbocycles. The van der Waals surface area contributed by atoms with E-state index in [1.54, 1.807) is 85.3 Å². The van der Waals surface area contributed by atoms with E-state index in [2.05, 4.69) is 34.6 Å². The number of esters is 2. The quantitative estimate of drug-likeness (QED) is 0.00970. The number of ether oxygens (including phenoxy) is 9. The Balaban J connectivity index is 0.000000461. The minimum Gasteiger partial charge on any atom is -0.478 e. The molecule has 32 nitrogen and oxygen atoms in total. The van der Waals surface area contributed by atoms with Crippen molar-refractivity contribution in [2.24, 2.45) is 10.8 Å². The van der Waals surface area contributed by atoms with Crippen molar-refractivity contribution in [2.45, 2.75) is 108 Å². The van der Waals surface area contributed by atoms with Crippen LogP contribution in [0.2, 0.25) is 0 Å². The van der Waals surface area contributed by atoms with Gasteiger partial charge in [-0.05, 0) is 76.2 Å². The molecule has 34 heteroatoms. The molecule has 1 atom stereocenters. The van der Waals surface area contributed by atoms with Gasteiger partial charge in [-0.1, -0.05) is 0 Å². The number of fused-ring (bicyclic) bond motifs is 2. The molecule has 0 amide bonds. The lowest BCUT2D eigenvalue weighted by atomic mass is 9.98.